The van der Waals surface area contributed by atoms with Crippen molar-refractivity contribution in [3.63, 3.8) is 0 Å². The molecular weight excluding hydrogens is 180 g/mol. The molecule has 0 rings (SSSR count). The number of hydrogen-bond donors (Lipinski definition) is 1. The Morgan fingerprint density at radius 3 is 2.21 bits per heavy atom. The zero-order valence-electron chi connectivity index (χ0n) is 9.45. The number of hydrogen-bond acceptors (Lipinski definition) is 2. The zero-order chi connectivity index (χ0) is 11.0. The average Bonchev–Trinajstić information content (AvgIpc) is 2.16. The van der Waals surface area contributed by atoms with Crippen molar-refractivity contribution < 1.29 is 14.6 Å². The monoisotopic (exact) mass is 202 g/mol. The molecule has 0 saturated carbocycles. The van der Waals surface area contributed by atoms with E-state index in [4.69, 9.17) is 9.84 Å². The van der Waals surface area contributed by atoms with E-state index in [2.05, 4.69) is 6.92 Å². The van der Waals surface area contributed by atoms with Crippen LogP contribution in [0.25, 0.3) is 0 Å². The largest absolute Gasteiger partial charge is 0.481 e. The average molecular weight is 202 g/mol. The van der Waals surface area contributed by atoms with Crippen LogP contribution in [0.1, 0.15) is 46.5 Å². The van der Waals surface area contributed by atoms with Gasteiger partial charge in [0.05, 0.1) is 12.0 Å². The van der Waals surface area contributed by atoms with Crippen LogP contribution in [0.2, 0.25) is 0 Å². The standard InChI is InChI=1S/C11H22O3/c1-4-9(11(12)13)7-8-10(5-2)14-6-3/h9-10H,4-8H2,1-3H3,(H,12,13). The van der Waals surface area contributed by atoms with Gasteiger partial charge >= 0.3 is 5.97 Å². The Bertz CT molecular complexity index is 157. The molecule has 84 valence electrons. The molecule has 0 spiro atoms. The van der Waals surface area contributed by atoms with E-state index >= 15 is 0 Å². The highest BCUT2D eigenvalue weighted by Gasteiger charge is 2.16. The van der Waals surface area contributed by atoms with E-state index in [-0.39, 0.29) is 12.0 Å². The molecule has 0 fully saturated rings. The van der Waals surface area contributed by atoms with Crippen molar-refractivity contribution in [1.82, 2.24) is 0 Å². The van der Waals surface area contributed by atoms with Gasteiger partial charge in [0.2, 0.25) is 0 Å². The van der Waals surface area contributed by atoms with E-state index < -0.39 is 5.97 Å². The fourth-order valence-corrected chi connectivity index (χ4v) is 1.53. The van der Waals surface area contributed by atoms with Crippen LogP contribution in [0.5, 0.6) is 0 Å². The van der Waals surface area contributed by atoms with Gasteiger partial charge in [-0.3, -0.25) is 4.79 Å². The summed E-state index contributed by atoms with van der Waals surface area (Å²) >= 11 is 0. The van der Waals surface area contributed by atoms with Crippen LogP contribution in [0.15, 0.2) is 0 Å². The fraction of sp³-hybridized carbons (Fsp3) is 0.909. The quantitative estimate of drug-likeness (QED) is 0.658. The Kier molecular flexibility index (Phi) is 7.48. The first-order valence-electron chi connectivity index (χ1n) is 5.50. The lowest BCUT2D eigenvalue weighted by Crippen LogP contribution is -2.18. The molecule has 0 heterocycles. The van der Waals surface area contributed by atoms with Crippen LogP contribution in [0.3, 0.4) is 0 Å². The van der Waals surface area contributed by atoms with Crippen LogP contribution >= 0.6 is 0 Å². The Morgan fingerprint density at radius 1 is 1.21 bits per heavy atom. The number of carboxylic acid groups (broad SMARTS) is 1. The highest BCUT2D eigenvalue weighted by molar-refractivity contribution is 5.69. The van der Waals surface area contributed by atoms with Crippen LogP contribution in [0, 0.1) is 5.92 Å². The van der Waals surface area contributed by atoms with Crippen molar-refractivity contribution in [3.05, 3.63) is 0 Å². The van der Waals surface area contributed by atoms with Gasteiger partial charge in [0, 0.05) is 6.61 Å². The number of aliphatic carboxylic acids is 1. The van der Waals surface area contributed by atoms with E-state index in [1.54, 1.807) is 0 Å². The van der Waals surface area contributed by atoms with Crippen LogP contribution in [-0.2, 0) is 9.53 Å². The van der Waals surface area contributed by atoms with Gasteiger partial charge in [0.25, 0.3) is 0 Å². The maximum Gasteiger partial charge on any atom is 0.306 e. The smallest absolute Gasteiger partial charge is 0.306 e. The fourth-order valence-electron chi connectivity index (χ4n) is 1.53. The second-order valence-corrected chi connectivity index (χ2v) is 3.51. The third-order valence-electron chi connectivity index (χ3n) is 2.54. The summed E-state index contributed by atoms with van der Waals surface area (Å²) in [6.45, 7) is 6.67. The molecule has 3 nitrogen and oxygen atoms in total. The maximum atomic E-state index is 10.7. The lowest BCUT2D eigenvalue weighted by atomic mass is 9.98. The lowest BCUT2D eigenvalue weighted by Gasteiger charge is -2.17. The van der Waals surface area contributed by atoms with Crippen LogP contribution in [-0.4, -0.2) is 23.8 Å². The molecule has 0 aromatic rings. The second-order valence-electron chi connectivity index (χ2n) is 3.51. The Hall–Kier alpha value is -0.570. The first-order chi connectivity index (χ1) is 6.65. The molecule has 14 heavy (non-hydrogen) atoms. The molecule has 0 aliphatic carbocycles. The van der Waals surface area contributed by atoms with E-state index in [1.807, 2.05) is 13.8 Å². The van der Waals surface area contributed by atoms with E-state index in [0.717, 1.165) is 19.3 Å². The topological polar surface area (TPSA) is 46.5 Å². The van der Waals surface area contributed by atoms with Crippen molar-refractivity contribution in [3.8, 4) is 0 Å². The minimum atomic E-state index is -0.682. The SMILES string of the molecule is CCOC(CC)CCC(CC)C(=O)O. The molecule has 0 amide bonds. The van der Waals surface area contributed by atoms with Gasteiger partial charge in [0.15, 0.2) is 0 Å². The number of carboxylic acids is 1. The highest BCUT2D eigenvalue weighted by atomic mass is 16.5. The number of ether oxygens (including phenoxy) is 1. The highest BCUT2D eigenvalue weighted by Crippen LogP contribution is 2.15. The van der Waals surface area contributed by atoms with Gasteiger partial charge in [-0.05, 0) is 32.6 Å². The molecule has 0 aromatic heterocycles. The maximum absolute atomic E-state index is 10.7. The third kappa shape index (κ3) is 5.22. The van der Waals surface area contributed by atoms with E-state index in [9.17, 15) is 4.79 Å². The molecule has 0 aromatic carbocycles. The summed E-state index contributed by atoms with van der Waals surface area (Å²) in [5, 5.41) is 8.85. The van der Waals surface area contributed by atoms with Gasteiger partial charge in [-0.1, -0.05) is 13.8 Å². The minimum Gasteiger partial charge on any atom is -0.481 e. The second kappa shape index (κ2) is 7.80. The zero-order valence-corrected chi connectivity index (χ0v) is 9.45. The lowest BCUT2D eigenvalue weighted by molar-refractivity contribution is -0.142. The summed E-state index contributed by atoms with van der Waals surface area (Å²) < 4.78 is 5.47. The van der Waals surface area contributed by atoms with Crippen molar-refractivity contribution in [2.45, 2.75) is 52.6 Å². The Balaban J connectivity index is 3.81. The molecule has 0 radical (unpaired) electrons. The van der Waals surface area contributed by atoms with Crippen molar-refractivity contribution in [2.24, 2.45) is 5.92 Å². The predicted molar refractivity (Wildman–Crippen MR) is 56.4 cm³/mol. The van der Waals surface area contributed by atoms with Crippen molar-refractivity contribution >= 4 is 5.97 Å². The molecule has 2 unspecified atom stereocenters. The molecule has 2 atom stereocenters. The van der Waals surface area contributed by atoms with Crippen LogP contribution < -0.4 is 0 Å². The summed E-state index contributed by atoms with van der Waals surface area (Å²) in [5.74, 6) is -0.886. The van der Waals surface area contributed by atoms with E-state index in [0.29, 0.717) is 13.0 Å². The first kappa shape index (κ1) is 13.4. The van der Waals surface area contributed by atoms with E-state index in [1.165, 1.54) is 0 Å². The minimum absolute atomic E-state index is 0.204. The van der Waals surface area contributed by atoms with Crippen molar-refractivity contribution in [2.75, 3.05) is 6.61 Å². The van der Waals surface area contributed by atoms with Gasteiger partial charge in [-0.2, -0.15) is 0 Å². The molecule has 0 bridgehead atoms. The van der Waals surface area contributed by atoms with Gasteiger partial charge in [-0.15, -0.1) is 0 Å². The number of carbonyl (C=O) groups is 1. The summed E-state index contributed by atoms with van der Waals surface area (Å²) in [6, 6.07) is 0. The summed E-state index contributed by atoms with van der Waals surface area (Å²) in [7, 11) is 0. The molecule has 1 N–H and O–H groups in total. The molecule has 0 saturated heterocycles. The third-order valence-corrected chi connectivity index (χ3v) is 2.54. The molecule has 0 aliphatic rings. The summed E-state index contributed by atoms with van der Waals surface area (Å²) in [5.41, 5.74) is 0. The van der Waals surface area contributed by atoms with Gasteiger partial charge in [0.1, 0.15) is 0 Å². The summed E-state index contributed by atoms with van der Waals surface area (Å²) in [4.78, 5) is 10.7. The van der Waals surface area contributed by atoms with Gasteiger partial charge in [-0.25, -0.2) is 0 Å². The molecule has 3 heteroatoms. The number of rotatable bonds is 8. The van der Waals surface area contributed by atoms with Gasteiger partial charge < -0.3 is 9.84 Å². The Morgan fingerprint density at radius 2 is 1.86 bits per heavy atom. The Labute approximate surface area is 86.5 Å². The normalized spacial score (nSPS) is 15.1. The summed E-state index contributed by atoms with van der Waals surface area (Å²) in [6.07, 6.45) is 3.48. The molecule has 0 aliphatic heterocycles. The molecular formula is C11H22O3. The van der Waals surface area contributed by atoms with Crippen LogP contribution in [0.4, 0.5) is 0 Å². The first-order valence-corrected chi connectivity index (χ1v) is 5.50. The van der Waals surface area contributed by atoms with Crippen molar-refractivity contribution in [1.29, 1.82) is 0 Å². The predicted octanol–water partition coefficient (Wildman–Crippen LogP) is 2.69.